The molecule has 88 valence electrons. The second-order valence-corrected chi connectivity index (χ2v) is 3.50. The fourth-order valence-corrected chi connectivity index (χ4v) is 1.33. The molecule has 5 heteroatoms. The first-order valence-corrected chi connectivity index (χ1v) is 5.31. The van der Waals surface area contributed by atoms with Crippen molar-refractivity contribution in [1.29, 1.82) is 0 Å². The average molecular weight is 249 g/mol. The first-order chi connectivity index (χ1) is 7.63. The van der Waals surface area contributed by atoms with Crippen molar-refractivity contribution in [2.24, 2.45) is 0 Å². The molecule has 1 aromatic carbocycles. The van der Waals surface area contributed by atoms with E-state index in [1.54, 1.807) is 0 Å². The molecule has 0 saturated carbocycles. The molecule has 0 fully saturated rings. The fraction of sp³-hybridized carbons (Fsp3) is 0.364. The van der Waals surface area contributed by atoms with E-state index in [9.17, 15) is 13.6 Å². The van der Waals surface area contributed by atoms with Crippen molar-refractivity contribution in [1.82, 2.24) is 0 Å². The molecule has 0 amide bonds. The van der Waals surface area contributed by atoms with Gasteiger partial charge in [0.2, 0.25) is 0 Å². The summed E-state index contributed by atoms with van der Waals surface area (Å²) in [6.07, 6.45) is 0.966. The highest BCUT2D eigenvalue weighted by molar-refractivity contribution is 6.18. The molecule has 1 aromatic rings. The molecule has 0 bridgehead atoms. The zero-order chi connectivity index (χ0) is 12.0. The Morgan fingerprint density at radius 3 is 2.44 bits per heavy atom. The van der Waals surface area contributed by atoms with Crippen LogP contribution in [0.4, 0.5) is 8.78 Å². The summed E-state index contributed by atoms with van der Waals surface area (Å²) in [5.41, 5.74) is 0.478. The lowest BCUT2D eigenvalue weighted by Crippen LogP contribution is -2.03. The van der Waals surface area contributed by atoms with Crippen LogP contribution in [0, 0.1) is 0 Å². The second-order valence-electron chi connectivity index (χ2n) is 3.12. The standard InChI is InChI=1S/C11H11ClF2O2/c12-7-1-2-10(15)8-3-5-9(6-4-8)16-11(13)14/h3-6,11H,1-2,7H2. The van der Waals surface area contributed by atoms with Crippen molar-refractivity contribution in [3.63, 3.8) is 0 Å². The number of alkyl halides is 3. The van der Waals surface area contributed by atoms with Crippen LogP contribution in [0.5, 0.6) is 5.75 Å². The maximum atomic E-state index is 11.8. The lowest BCUT2D eigenvalue weighted by Gasteiger charge is -2.05. The third-order valence-electron chi connectivity index (χ3n) is 1.94. The number of rotatable bonds is 6. The van der Waals surface area contributed by atoms with Crippen LogP contribution in [0.3, 0.4) is 0 Å². The maximum absolute atomic E-state index is 11.8. The van der Waals surface area contributed by atoms with E-state index >= 15 is 0 Å². The van der Waals surface area contributed by atoms with Gasteiger partial charge in [-0.15, -0.1) is 11.6 Å². The summed E-state index contributed by atoms with van der Waals surface area (Å²) in [6.45, 7) is -2.85. The van der Waals surface area contributed by atoms with Gasteiger partial charge >= 0.3 is 6.61 Å². The second kappa shape index (κ2) is 6.43. The molecule has 1 rings (SSSR count). The summed E-state index contributed by atoms with van der Waals surface area (Å²) in [5, 5.41) is 0. The Morgan fingerprint density at radius 2 is 1.94 bits per heavy atom. The van der Waals surface area contributed by atoms with E-state index in [-0.39, 0.29) is 11.5 Å². The van der Waals surface area contributed by atoms with Crippen LogP contribution in [0.15, 0.2) is 24.3 Å². The number of hydrogen-bond acceptors (Lipinski definition) is 2. The number of hydrogen-bond donors (Lipinski definition) is 0. The van der Waals surface area contributed by atoms with Gasteiger partial charge in [0.25, 0.3) is 0 Å². The summed E-state index contributed by atoms with van der Waals surface area (Å²) in [7, 11) is 0. The van der Waals surface area contributed by atoms with E-state index in [1.165, 1.54) is 24.3 Å². The van der Waals surface area contributed by atoms with Crippen LogP contribution in [0.1, 0.15) is 23.2 Å². The zero-order valence-electron chi connectivity index (χ0n) is 8.46. The van der Waals surface area contributed by atoms with Crippen molar-refractivity contribution < 1.29 is 18.3 Å². The molecular weight excluding hydrogens is 238 g/mol. The number of carbonyl (C=O) groups excluding carboxylic acids is 1. The van der Waals surface area contributed by atoms with Crippen molar-refractivity contribution in [2.75, 3.05) is 5.88 Å². The summed E-state index contributed by atoms with van der Waals surface area (Å²) in [4.78, 5) is 11.5. The van der Waals surface area contributed by atoms with Crippen LogP contribution in [0.25, 0.3) is 0 Å². The molecule has 16 heavy (non-hydrogen) atoms. The number of ether oxygens (including phenoxy) is 1. The Morgan fingerprint density at radius 1 is 1.31 bits per heavy atom. The summed E-state index contributed by atoms with van der Waals surface area (Å²) in [5.74, 6) is 0.423. The molecule has 0 aliphatic carbocycles. The highest BCUT2D eigenvalue weighted by Gasteiger charge is 2.07. The van der Waals surface area contributed by atoms with Gasteiger partial charge in [-0.25, -0.2) is 0 Å². The van der Waals surface area contributed by atoms with E-state index in [2.05, 4.69) is 4.74 Å². The number of halogens is 3. The number of carbonyl (C=O) groups is 1. The molecule has 0 saturated heterocycles. The topological polar surface area (TPSA) is 26.3 Å². The smallest absolute Gasteiger partial charge is 0.387 e. The molecule has 0 aromatic heterocycles. The summed E-state index contributed by atoms with van der Waals surface area (Å²) in [6, 6.07) is 5.63. The molecule has 0 aliphatic heterocycles. The monoisotopic (exact) mass is 248 g/mol. The Hall–Kier alpha value is -1.16. The molecule has 0 radical (unpaired) electrons. The Balaban J connectivity index is 2.60. The molecule has 0 unspecified atom stereocenters. The Kier molecular flexibility index (Phi) is 5.19. The van der Waals surface area contributed by atoms with E-state index in [0.29, 0.717) is 24.3 Å². The Bertz CT molecular complexity index is 338. The van der Waals surface area contributed by atoms with E-state index in [0.717, 1.165) is 0 Å². The van der Waals surface area contributed by atoms with Gasteiger partial charge in [0, 0.05) is 17.9 Å². The number of ketones is 1. The molecule has 0 aliphatic rings. The van der Waals surface area contributed by atoms with E-state index < -0.39 is 6.61 Å². The first-order valence-electron chi connectivity index (χ1n) is 4.77. The summed E-state index contributed by atoms with van der Waals surface area (Å²) >= 11 is 5.46. The predicted molar refractivity (Wildman–Crippen MR) is 57.4 cm³/mol. The molecule has 0 atom stereocenters. The minimum Gasteiger partial charge on any atom is -0.435 e. The van der Waals surface area contributed by atoms with Crippen LogP contribution in [-0.2, 0) is 0 Å². The molecule has 0 heterocycles. The molecule has 2 nitrogen and oxygen atoms in total. The maximum Gasteiger partial charge on any atom is 0.387 e. The van der Waals surface area contributed by atoms with Gasteiger partial charge in [-0.1, -0.05) is 0 Å². The minimum absolute atomic E-state index is 0.0453. The Labute approximate surface area is 97.2 Å². The third kappa shape index (κ3) is 4.14. The van der Waals surface area contributed by atoms with Gasteiger partial charge in [-0.3, -0.25) is 4.79 Å². The largest absolute Gasteiger partial charge is 0.435 e. The van der Waals surface area contributed by atoms with Gasteiger partial charge in [0.1, 0.15) is 5.75 Å². The van der Waals surface area contributed by atoms with Crippen molar-refractivity contribution in [3.05, 3.63) is 29.8 Å². The minimum atomic E-state index is -2.85. The van der Waals surface area contributed by atoms with Gasteiger partial charge in [0.05, 0.1) is 0 Å². The first kappa shape index (κ1) is 12.9. The SMILES string of the molecule is O=C(CCCCl)c1ccc(OC(F)F)cc1. The molecule has 0 spiro atoms. The summed E-state index contributed by atoms with van der Waals surface area (Å²) < 4.78 is 27.8. The van der Waals surface area contributed by atoms with Crippen molar-refractivity contribution in [3.8, 4) is 5.75 Å². The predicted octanol–water partition coefficient (Wildman–Crippen LogP) is 3.49. The van der Waals surface area contributed by atoms with Gasteiger partial charge in [-0.2, -0.15) is 8.78 Å². The quantitative estimate of drug-likeness (QED) is 0.569. The average Bonchev–Trinajstić information content (AvgIpc) is 2.26. The van der Waals surface area contributed by atoms with Gasteiger partial charge in [0.15, 0.2) is 5.78 Å². The van der Waals surface area contributed by atoms with Gasteiger partial charge < -0.3 is 4.74 Å². The van der Waals surface area contributed by atoms with Crippen LogP contribution in [-0.4, -0.2) is 18.3 Å². The highest BCUT2D eigenvalue weighted by atomic mass is 35.5. The normalized spacial score (nSPS) is 10.5. The lowest BCUT2D eigenvalue weighted by atomic mass is 10.1. The zero-order valence-corrected chi connectivity index (χ0v) is 9.21. The highest BCUT2D eigenvalue weighted by Crippen LogP contribution is 2.16. The van der Waals surface area contributed by atoms with Crippen molar-refractivity contribution in [2.45, 2.75) is 19.5 Å². The number of benzene rings is 1. The van der Waals surface area contributed by atoms with Crippen molar-refractivity contribution >= 4 is 17.4 Å². The fourth-order valence-electron chi connectivity index (χ4n) is 1.19. The molecule has 0 N–H and O–H groups in total. The van der Waals surface area contributed by atoms with E-state index in [1.807, 2.05) is 0 Å². The van der Waals surface area contributed by atoms with Crippen LogP contribution < -0.4 is 4.74 Å². The van der Waals surface area contributed by atoms with Crippen LogP contribution in [0.2, 0.25) is 0 Å². The van der Waals surface area contributed by atoms with Crippen LogP contribution >= 0.6 is 11.6 Å². The third-order valence-corrected chi connectivity index (χ3v) is 2.21. The number of Topliss-reactive ketones (excluding diaryl/α,β-unsaturated/α-hetero) is 1. The van der Waals surface area contributed by atoms with Gasteiger partial charge in [-0.05, 0) is 30.7 Å². The van der Waals surface area contributed by atoms with E-state index in [4.69, 9.17) is 11.6 Å². The molecular formula is C11H11ClF2O2. The lowest BCUT2D eigenvalue weighted by molar-refractivity contribution is -0.0498.